The largest absolute Gasteiger partial charge is 0.507 e. The minimum atomic E-state index is -0.00465. The van der Waals surface area contributed by atoms with Crippen LogP contribution in [-0.2, 0) is 6.42 Å². The Labute approximate surface area is 121 Å². The van der Waals surface area contributed by atoms with Crippen LogP contribution in [0.4, 0.5) is 0 Å². The van der Waals surface area contributed by atoms with Gasteiger partial charge in [-0.05, 0) is 29.9 Å². The van der Waals surface area contributed by atoms with E-state index < -0.39 is 0 Å². The van der Waals surface area contributed by atoms with E-state index in [1.807, 2.05) is 6.07 Å². The van der Waals surface area contributed by atoms with E-state index in [2.05, 4.69) is 41.5 Å². The number of hydrogen-bond acceptors (Lipinski definition) is 3. The highest BCUT2D eigenvalue weighted by Gasteiger charge is 2.24. The maximum absolute atomic E-state index is 10.4. The predicted octanol–water partition coefficient (Wildman–Crippen LogP) is 4.97. The molecule has 1 aromatic rings. The zero-order chi connectivity index (χ0) is 14.8. The number of aromatic hydroxyl groups is 2. The summed E-state index contributed by atoms with van der Waals surface area (Å²) in [5, 5.41) is 20.4. The molecule has 0 unspecified atom stereocenters. The maximum atomic E-state index is 10.4. The normalized spacial score (nSPS) is 12.7. The number of thioether (sulfide) groups is 1. The third-order valence-corrected chi connectivity index (χ3v) is 4.59. The van der Waals surface area contributed by atoms with E-state index in [9.17, 15) is 10.2 Å². The van der Waals surface area contributed by atoms with Crippen LogP contribution in [0.15, 0.2) is 17.0 Å². The summed E-state index contributed by atoms with van der Waals surface area (Å²) in [5.41, 5.74) is 1.01. The van der Waals surface area contributed by atoms with Gasteiger partial charge in [0.1, 0.15) is 11.5 Å². The highest BCUT2D eigenvalue weighted by Crippen LogP contribution is 2.46. The van der Waals surface area contributed by atoms with Crippen LogP contribution < -0.4 is 0 Å². The Morgan fingerprint density at radius 1 is 1.05 bits per heavy atom. The minimum absolute atomic E-state index is 0.00465. The second kappa shape index (κ2) is 5.66. The van der Waals surface area contributed by atoms with Crippen LogP contribution in [0, 0.1) is 5.41 Å². The van der Waals surface area contributed by atoms with Crippen LogP contribution >= 0.6 is 11.8 Å². The van der Waals surface area contributed by atoms with E-state index in [-0.39, 0.29) is 21.7 Å². The summed E-state index contributed by atoms with van der Waals surface area (Å²) in [6, 6.07) is 3.51. The standard InChI is InChI=1S/C16H26O2S/c1-7-16(5,6)19-14-12(17)9-8-11(13(14)18)10-15(2,3)4/h8-9,17-18H,7,10H2,1-6H3. The molecule has 0 fully saturated rings. The Balaban J connectivity index is 3.14. The van der Waals surface area contributed by atoms with Gasteiger partial charge in [-0.25, -0.2) is 0 Å². The van der Waals surface area contributed by atoms with Crippen molar-refractivity contribution in [3.8, 4) is 11.5 Å². The van der Waals surface area contributed by atoms with Gasteiger partial charge in [0.05, 0.1) is 4.90 Å². The fraction of sp³-hybridized carbons (Fsp3) is 0.625. The quantitative estimate of drug-likeness (QED) is 0.766. The van der Waals surface area contributed by atoms with Crippen molar-refractivity contribution >= 4 is 11.8 Å². The van der Waals surface area contributed by atoms with Gasteiger partial charge in [0.25, 0.3) is 0 Å². The minimum Gasteiger partial charge on any atom is -0.507 e. The smallest absolute Gasteiger partial charge is 0.136 e. The lowest BCUT2D eigenvalue weighted by Crippen LogP contribution is -2.13. The molecule has 0 heterocycles. The topological polar surface area (TPSA) is 40.5 Å². The van der Waals surface area contributed by atoms with Gasteiger partial charge < -0.3 is 10.2 Å². The van der Waals surface area contributed by atoms with Crippen molar-refractivity contribution in [2.24, 2.45) is 5.41 Å². The number of phenolic OH excluding ortho intramolecular Hbond substituents is 2. The molecule has 0 aromatic heterocycles. The van der Waals surface area contributed by atoms with Crippen LogP contribution in [0.5, 0.6) is 11.5 Å². The molecule has 0 spiro atoms. The molecule has 0 radical (unpaired) electrons. The van der Waals surface area contributed by atoms with E-state index in [0.717, 1.165) is 18.4 Å². The monoisotopic (exact) mass is 282 g/mol. The van der Waals surface area contributed by atoms with Crippen LogP contribution in [0.2, 0.25) is 0 Å². The van der Waals surface area contributed by atoms with Crippen molar-refractivity contribution in [3.63, 3.8) is 0 Å². The Hall–Kier alpha value is -0.830. The highest BCUT2D eigenvalue weighted by atomic mass is 32.2. The molecule has 1 rings (SSSR count). The van der Waals surface area contributed by atoms with Gasteiger partial charge >= 0.3 is 0 Å². The van der Waals surface area contributed by atoms with Gasteiger partial charge in [-0.15, -0.1) is 11.8 Å². The molecule has 108 valence electrons. The second-order valence-corrected chi connectivity index (χ2v) is 8.59. The van der Waals surface area contributed by atoms with Crippen molar-refractivity contribution in [2.45, 2.75) is 64.0 Å². The fourth-order valence-electron chi connectivity index (χ4n) is 1.76. The summed E-state index contributed by atoms with van der Waals surface area (Å²) >= 11 is 1.54. The number of hydrogen-bond donors (Lipinski definition) is 2. The Kier molecular flexibility index (Phi) is 4.83. The first-order valence-electron chi connectivity index (χ1n) is 6.78. The van der Waals surface area contributed by atoms with E-state index in [0.29, 0.717) is 4.90 Å². The van der Waals surface area contributed by atoms with Gasteiger partial charge in [0, 0.05) is 4.75 Å². The van der Waals surface area contributed by atoms with Crippen molar-refractivity contribution in [3.05, 3.63) is 17.7 Å². The van der Waals surface area contributed by atoms with Gasteiger partial charge in [0.2, 0.25) is 0 Å². The number of rotatable bonds is 4. The van der Waals surface area contributed by atoms with Crippen LogP contribution in [0.25, 0.3) is 0 Å². The van der Waals surface area contributed by atoms with Gasteiger partial charge in [-0.2, -0.15) is 0 Å². The molecule has 2 N–H and O–H groups in total. The molecule has 1 aromatic carbocycles. The first-order chi connectivity index (χ1) is 8.56. The summed E-state index contributed by atoms with van der Waals surface area (Å²) in [6.45, 7) is 12.8. The molecule has 0 amide bonds. The fourth-order valence-corrected chi connectivity index (χ4v) is 2.86. The molecular weight excluding hydrogens is 256 g/mol. The summed E-state index contributed by atoms with van der Waals surface area (Å²) in [6.07, 6.45) is 1.76. The molecule has 0 saturated heterocycles. The lowest BCUT2D eigenvalue weighted by molar-refractivity contribution is 0.384. The maximum Gasteiger partial charge on any atom is 0.136 e. The molecule has 0 aliphatic heterocycles. The van der Waals surface area contributed by atoms with Gasteiger partial charge in [-0.3, -0.25) is 0 Å². The van der Waals surface area contributed by atoms with Crippen molar-refractivity contribution in [1.29, 1.82) is 0 Å². The summed E-state index contributed by atoms with van der Waals surface area (Å²) < 4.78 is -0.00465. The lowest BCUT2D eigenvalue weighted by atomic mass is 9.88. The first-order valence-corrected chi connectivity index (χ1v) is 7.60. The highest BCUT2D eigenvalue weighted by molar-refractivity contribution is 8.00. The third-order valence-electron chi connectivity index (χ3n) is 3.14. The first kappa shape index (κ1) is 16.2. The van der Waals surface area contributed by atoms with Gasteiger partial charge in [-0.1, -0.05) is 47.6 Å². The van der Waals surface area contributed by atoms with E-state index in [1.165, 1.54) is 11.8 Å². The molecular formula is C16H26O2S. The molecule has 0 atom stereocenters. The average molecular weight is 282 g/mol. The third kappa shape index (κ3) is 4.64. The zero-order valence-electron chi connectivity index (χ0n) is 12.9. The Morgan fingerprint density at radius 2 is 1.63 bits per heavy atom. The lowest BCUT2D eigenvalue weighted by Gasteiger charge is -2.25. The second-order valence-electron chi connectivity index (χ2n) is 6.87. The molecule has 0 aliphatic rings. The molecule has 19 heavy (non-hydrogen) atoms. The van der Waals surface area contributed by atoms with E-state index >= 15 is 0 Å². The molecule has 0 saturated carbocycles. The summed E-state index contributed by atoms with van der Waals surface area (Å²) in [5.74, 6) is 0.406. The van der Waals surface area contributed by atoms with Gasteiger partial charge in [0.15, 0.2) is 0 Å². The average Bonchev–Trinajstić information content (AvgIpc) is 2.27. The SMILES string of the molecule is CCC(C)(C)Sc1c(O)ccc(CC(C)(C)C)c1O. The van der Waals surface area contributed by atoms with Crippen molar-refractivity contribution in [2.75, 3.05) is 0 Å². The molecule has 0 aliphatic carbocycles. The number of benzene rings is 1. The van der Waals surface area contributed by atoms with Crippen LogP contribution in [0.3, 0.4) is 0 Å². The summed E-state index contributed by atoms with van der Waals surface area (Å²) in [7, 11) is 0. The van der Waals surface area contributed by atoms with E-state index in [1.54, 1.807) is 6.07 Å². The van der Waals surface area contributed by atoms with Crippen LogP contribution in [0.1, 0.15) is 53.5 Å². The Bertz CT molecular complexity index is 445. The number of phenols is 2. The van der Waals surface area contributed by atoms with E-state index in [4.69, 9.17) is 0 Å². The molecule has 3 heteroatoms. The zero-order valence-corrected chi connectivity index (χ0v) is 13.7. The predicted molar refractivity (Wildman–Crippen MR) is 83.2 cm³/mol. The Morgan fingerprint density at radius 3 is 2.11 bits per heavy atom. The van der Waals surface area contributed by atoms with Crippen LogP contribution in [-0.4, -0.2) is 15.0 Å². The van der Waals surface area contributed by atoms with Crippen molar-refractivity contribution < 1.29 is 10.2 Å². The molecule has 0 bridgehead atoms. The van der Waals surface area contributed by atoms with Crippen molar-refractivity contribution in [1.82, 2.24) is 0 Å². The molecule has 2 nitrogen and oxygen atoms in total. The summed E-state index contributed by atoms with van der Waals surface area (Å²) in [4.78, 5) is 0.605.